The van der Waals surface area contributed by atoms with Gasteiger partial charge in [0.1, 0.15) is 0 Å². The summed E-state index contributed by atoms with van der Waals surface area (Å²) in [5.74, 6) is -0.114. The molecule has 5 nitrogen and oxygen atoms in total. The number of ether oxygens (including phenoxy) is 1. The predicted octanol–water partition coefficient (Wildman–Crippen LogP) is 2.91. The second kappa shape index (κ2) is 7.75. The van der Waals surface area contributed by atoms with Crippen LogP contribution in [-0.4, -0.2) is 43.4 Å². The van der Waals surface area contributed by atoms with Crippen LogP contribution < -0.4 is 5.32 Å². The molecular formula is C19H21N3O2. The number of rotatable bonds is 4. The van der Waals surface area contributed by atoms with Crippen molar-refractivity contribution in [3.05, 3.63) is 65.2 Å². The van der Waals surface area contributed by atoms with Gasteiger partial charge in [0, 0.05) is 11.3 Å². The van der Waals surface area contributed by atoms with Crippen molar-refractivity contribution in [2.45, 2.75) is 6.92 Å². The second-order valence-corrected chi connectivity index (χ2v) is 5.76. The van der Waals surface area contributed by atoms with Gasteiger partial charge in [0.2, 0.25) is 0 Å². The van der Waals surface area contributed by atoms with Crippen LogP contribution in [0.25, 0.3) is 0 Å². The van der Waals surface area contributed by atoms with E-state index in [1.165, 1.54) is 0 Å². The summed E-state index contributed by atoms with van der Waals surface area (Å²) in [6.07, 6.45) is 1.81. The Bertz CT molecular complexity index is 720. The van der Waals surface area contributed by atoms with Gasteiger partial charge in [-0.3, -0.25) is 9.80 Å². The van der Waals surface area contributed by atoms with E-state index in [9.17, 15) is 4.79 Å². The lowest BCUT2D eigenvalue weighted by atomic mass is 10.1. The van der Waals surface area contributed by atoms with Gasteiger partial charge in [0.25, 0.3) is 5.91 Å². The molecule has 0 spiro atoms. The quantitative estimate of drug-likeness (QED) is 0.880. The molecule has 1 saturated heterocycles. The molecule has 1 fully saturated rings. The summed E-state index contributed by atoms with van der Waals surface area (Å²) in [5, 5.41) is 9.37. The molecule has 24 heavy (non-hydrogen) atoms. The van der Waals surface area contributed by atoms with Crippen molar-refractivity contribution in [3.8, 4) is 0 Å². The van der Waals surface area contributed by atoms with Crippen molar-refractivity contribution in [3.63, 3.8) is 0 Å². The molecule has 0 aromatic heterocycles. The van der Waals surface area contributed by atoms with Gasteiger partial charge < -0.3 is 10.1 Å². The normalized spacial score (nSPS) is 14.8. The molecule has 1 heterocycles. The van der Waals surface area contributed by atoms with E-state index in [2.05, 4.69) is 10.4 Å². The fourth-order valence-electron chi connectivity index (χ4n) is 2.42. The Labute approximate surface area is 141 Å². The average Bonchev–Trinajstić information content (AvgIpc) is 2.62. The van der Waals surface area contributed by atoms with E-state index in [1.54, 1.807) is 0 Å². The van der Waals surface area contributed by atoms with Crippen LogP contribution >= 0.6 is 0 Å². The number of amides is 1. The summed E-state index contributed by atoms with van der Waals surface area (Å²) >= 11 is 0. The Morgan fingerprint density at radius 3 is 2.67 bits per heavy atom. The fraction of sp³-hybridized carbons (Fsp3) is 0.263. The first-order valence-corrected chi connectivity index (χ1v) is 8.05. The Balaban J connectivity index is 1.65. The summed E-state index contributed by atoms with van der Waals surface area (Å²) < 4.78 is 5.30. The Hall–Kier alpha value is -2.66. The first-order chi connectivity index (χ1) is 11.7. The zero-order chi connectivity index (χ0) is 16.8. The maximum absolute atomic E-state index is 12.3. The van der Waals surface area contributed by atoms with Gasteiger partial charge in [-0.15, -0.1) is 0 Å². The third kappa shape index (κ3) is 4.43. The van der Waals surface area contributed by atoms with E-state index in [0.717, 1.165) is 29.9 Å². The molecule has 1 aliphatic heterocycles. The molecule has 0 bridgehead atoms. The second-order valence-electron chi connectivity index (χ2n) is 5.76. The lowest BCUT2D eigenvalue weighted by molar-refractivity contribution is 0.0397. The first kappa shape index (κ1) is 16.2. The molecule has 124 valence electrons. The van der Waals surface area contributed by atoms with Crippen LogP contribution in [0.4, 0.5) is 5.69 Å². The molecule has 0 saturated carbocycles. The molecule has 0 atom stereocenters. The molecule has 1 N–H and O–H groups in total. The number of hydrogen-bond acceptors (Lipinski definition) is 4. The van der Waals surface area contributed by atoms with Crippen LogP contribution in [0.3, 0.4) is 0 Å². The maximum Gasteiger partial charge on any atom is 0.255 e. The highest BCUT2D eigenvalue weighted by atomic mass is 16.5. The molecule has 0 radical (unpaired) electrons. The fourth-order valence-corrected chi connectivity index (χ4v) is 2.42. The number of carbonyl (C=O) groups excluding carboxylic acids is 1. The van der Waals surface area contributed by atoms with E-state index < -0.39 is 0 Å². The van der Waals surface area contributed by atoms with Gasteiger partial charge in [-0.05, 0) is 36.8 Å². The molecular weight excluding hydrogens is 302 g/mol. The monoisotopic (exact) mass is 323 g/mol. The summed E-state index contributed by atoms with van der Waals surface area (Å²) in [7, 11) is 0. The highest BCUT2D eigenvalue weighted by molar-refractivity contribution is 6.04. The molecule has 3 rings (SSSR count). The van der Waals surface area contributed by atoms with Gasteiger partial charge in [0.05, 0.1) is 32.5 Å². The van der Waals surface area contributed by atoms with E-state index in [-0.39, 0.29) is 5.91 Å². The first-order valence-electron chi connectivity index (χ1n) is 8.05. The lowest BCUT2D eigenvalue weighted by Crippen LogP contribution is -2.32. The Morgan fingerprint density at radius 2 is 1.92 bits per heavy atom. The van der Waals surface area contributed by atoms with Crippen LogP contribution in [0.1, 0.15) is 21.5 Å². The van der Waals surface area contributed by atoms with Crippen molar-refractivity contribution in [2.75, 3.05) is 31.6 Å². The van der Waals surface area contributed by atoms with Gasteiger partial charge in [-0.25, -0.2) is 0 Å². The number of carbonyl (C=O) groups is 1. The van der Waals surface area contributed by atoms with Crippen molar-refractivity contribution >= 4 is 17.8 Å². The van der Waals surface area contributed by atoms with E-state index in [0.29, 0.717) is 18.8 Å². The molecule has 5 heteroatoms. The van der Waals surface area contributed by atoms with Crippen molar-refractivity contribution in [1.82, 2.24) is 5.01 Å². The standard InChI is InChI=1S/C19H21N3O2/c1-15-5-7-17(8-6-15)19(23)21-18-4-2-3-16(13-18)14-20-22-9-11-24-12-10-22/h2-8,13-14H,9-12H2,1H3,(H,21,23)/b20-14+. The Kier molecular flexibility index (Phi) is 5.23. The number of nitrogens with one attached hydrogen (secondary N) is 1. The third-order valence-electron chi connectivity index (χ3n) is 3.82. The molecule has 1 amide bonds. The number of hydrazone groups is 1. The number of hydrogen-bond donors (Lipinski definition) is 1. The largest absolute Gasteiger partial charge is 0.378 e. The summed E-state index contributed by atoms with van der Waals surface area (Å²) in [6, 6.07) is 15.2. The molecule has 1 aliphatic rings. The molecule has 2 aromatic rings. The van der Waals surface area contributed by atoms with Crippen LogP contribution in [0.5, 0.6) is 0 Å². The van der Waals surface area contributed by atoms with Gasteiger partial charge >= 0.3 is 0 Å². The number of morpholine rings is 1. The lowest BCUT2D eigenvalue weighted by Gasteiger charge is -2.23. The topological polar surface area (TPSA) is 53.9 Å². The van der Waals surface area contributed by atoms with Crippen molar-refractivity contribution < 1.29 is 9.53 Å². The molecule has 0 unspecified atom stereocenters. The van der Waals surface area contributed by atoms with Crippen molar-refractivity contribution in [2.24, 2.45) is 5.10 Å². The number of anilines is 1. The van der Waals surface area contributed by atoms with Gasteiger partial charge in [-0.1, -0.05) is 29.8 Å². The zero-order valence-electron chi connectivity index (χ0n) is 13.7. The SMILES string of the molecule is Cc1ccc(C(=O)Nc2cccc(/C=N/N3CCOCC3)c2)cc1. The molecule has 0 aliphatic carbocycles. The number of aryl methyl sites for hydroxylation is 1. The van der Waals surface area contributed by atoms with E-state index in [1.807, 2.05) is 66.7 Å². The van der Waals surface area contributed by atoms with Crippen LogP contribution in [0, 0.1) is 6.92 Å². The number of benzene rings is 2. The highest BCUT2D eigenvalue weighted by Gasteiger charge is 2.07. The van der Waals surface area contributed by atoms with Crippen LogP contribution in [-0.2, 0) is 4.74 Å². The highest BCUT2D eigenvalue weighted by Crippen LogP contribution is 2.12. The zero-order valence-corrected chi connectivity index (χ0v) is 13.7. The van der Waals surface area contributed by atoms with Gasteiger partial charge in [-0.2, -0.15) is 5.10 Å². The summed E-state index contributed by atoms with van der Waals surface area (Å²) in [6.45, 7) is 5.04. The van der Waals surface area contributed by atoms with E-state index >= 15 is 0 Å². The van der Waals surface area contributed by atoms with Crippen molar-refractivity contribution in [1.29, 1.82) is 0 Å². The third-order valence-corrected chi connectivity index (χ3v) is 3.82. The van der Waals surface area contributed by atoms with E-state index in [4.69, 9.17) is 4.74 Å². The summed E-state index contributed by atoms with van der Waals surface area (Å²) in [4.78, 5) is 12.3. The average molecular weight is 323 g/mol. The minimum Gasteiger partial charge on any atom is -0.378 e. The predicted molar refractivity (Wildman–Crippen MR) is 95.6 cm³/mol. The minimum atomic E-state index is -0.114. The number of nitrogens with zero attached hydrogens (tertiary/aromatic N) is 2. The van der Waals surface area contributed by atoms with Gasteiger partial charge in [0.15, 0.2) is 0 Å². The smallest absolute Gasteiger partial charge is 0.255 e. The van der Waals surface area contributed by atoms with Crippen LogP contribution in [0.15, 0.2) is 53.6 Å². The summed E-state index contributed by atoms with van der Waals surface area (Å²) in [5.41, 5.74) is 3.48. The minimum absolute atomic E-state index is 0.114. The maximum atomic E-state index is 12.3. The Morgan fingerprint density at radius 1 is 1.17 bits per heavy atom. The van der Waals surface area contributed by atoms with Crippen LogP contribution in [0.2, 0.25) is 0 Å². The molecule has 2 aromatic carbocycles.